The van der Waals surface area contributed by atoms with Gasteiger partial charge >= 0.3 is 6.18 Å². The third-order valence-electron chi connectivity index (χ3n) is 2.21. The van der Waals surface area contributed by atoms with Crippen LogP contribution in [0.15, 0.2) is 27.6 Å². The maximum atomic E-state index is 11.9. The Hall–Kier alpha value is -0.350. The normalized spacial score (nSPS) is 12.6. The molecule has 0 aliphatic heterocycles. The first-order chi connectivity index (χ1) is 9.62. The smallest absolute Gasteiger partial charge is 0.372 e. The lowest BCUT2D eigenvalue weighted by atomic mass is 10.4. The lowest BCUT2D eigenvalue weighted by Gasteiger charge is -2.10. The van der Waals surface area contributed by atoms with Crippen molar-refractivity contribution in [1.29, 1.82) is 0 Å². The summed E-state index contributed by atoms with van der Waals surface area (Å²) in [6, 6.07) is 4.28. The predicted molar refractivity (Wildman–Crippen MR) is 75.8 cm³/mol. The van der Waals surface area contributed by atoms with Crippen LogP contribution < -0.4 is 4.72 Å². The highest BCUT2D eigenvalue weighted by molar-refractivity contribution is 9.10. The molecular formula is C11H12BrClF3NO3S. The van der Waals surface area contributed by atoms with Gasteiger partial charge in [0.1, 0.15) is 11.5 Å². The Labute approximate surface area is 133 Å². The molecule has 120 valence electrons. The molecule has 10 heteroatoms. The van der Waals surface area contributed by atoms with E-state index in [9.17, 15) is 21.6 Å². The molecule has 0 radical (unpaired) electrons. The van der Waals surface area contributed by atoms with Crippen LogP contribution in [0.4, 0.5) is 13.2 Å². The van der Waals surface area contributed by atoms with Crippen LogP contribution in [0.2, 0.25) is 5.02 Å². The van der Waals surface area contributed by atoms with Gasteiger partial charge in [-0.2, -0.15) is 13.2 Å². The van der Waals surface area contributed by atoms with Gasteiger partial charge in [-0.25, -0.2) is 13.1 Å². The molecular weight excluding hydrogens is 399 g/mol. The zero-order chi connectivity index (χ0) is 16.1. The summed E-state index contributed by atoms with van der Waals surface area (Å²) in [7, 11) is -3.80. The number of hydrogen-bond acceptors (Lipinski definition) is 3. The van der Waals surface area contributed by atoms with Crippen LogP contribution in [0, 0.1) is 0 Å². The summed E-state index contributed by atoms with van der Waals surface area (Å²) >= 11 is 8.98. The molecule has 0 atom stereocenters. The third-order valence-corrected chi connectivity index (χ3v) is 4.64. The van der Waals surface area contributed by atoms with Gasteiger partial charge < -0.3 is 4.74 Å². The minimum Gasteiger partial charge on any atom is -0.372 e. The Bertz CT molecular complexity index is 581. The van der Waals surface area contributed by atoms with Crippen molar-refractivity contribution in [1.82, 2.24) is 4.72 Å². The highest BCUT2D eigenvalue weighted by Crippen LogP contribution is 2.24. The number of alkyl halides is 3. The molecule has 0 bridgehead atoms. The maximum absolute atomic E-state index is 11.9. The fraction of sp³-hybridized carbons (Fsp3) is 0.455. The van der Waals surface area contributed by atoms with Crippen LogP contribution in [0.3, 0.4) is 0 Å². The first-order valence-electron chi connectivity index (χ1n) is 5.71. The van der Waals surface area contributed by atoms with Gasteiger partial charge in [-0.3, -0.25) is 0 Å². The maximum Gasteiger partial charge on any atom is 0.411 e. The fourth-order valence-corrected chi connectivity index (χ4v) is 3.45. The van der Waals surface area contributed by atoms with Crippen LogP contribution in [0.5, 0.6) is 0 Å². The second-order valence-electron chi connectivity index (χ2n) is 3.99. The summed E-state index contributed by atoms with van der Waals surface area (Å²) in [6.07, 6.45) is -4.27. The minimum atomic E-state index is -4.38. The van der Waals surface area contributed by atoms with E-state index in [1.54, 1.807) is 0 Å². The van der Waals surface area contributed by atoms with Crippen LogP contribution >= 0.6 is 27.5 Å². The monoisotopic (exact) mass is 409 g/mol. The number of nitrogens with one attached hydrogen (secondary N) is 1. The van der Waals surface area contributed by atoms with E-state index < -0.39 is 22.8 Å². The molecule has 21 heavy (non-hydrogen) atoms. The van der Waals surface area contributed by atoms with Crippen LogP contribution in [-0.2, 0) is 14.8 Å². The van der Waals surface area contributed by atoms with Gasteiger partial charge in [0.15, 0.2) is 0 Å². The summed E-state index contributed by atoms with van der Waals surface area (Å²) in [5, 5.41) is 0.0465. The Morgan fingerprint density at radius 3 is 2.57 bits per heavy atom. The molecule has 0 aromatic heterocycles. The van der Waals surface area contributed by atoms with Crippen molar-refractivity contribution in [2.24, 2.45) is 0 Å². The van der Waals surface area contributed by atoms with E-state index in [1.807, 2.05) is 0 Å². The van der Waals surface area contributed by atoms with Gasteiger partial charge in [-0.15, -0.1) is 0 Å². The topological polar surface area (TPSA) is 55.4 Å². The molecule has 4 nitrogen and oxygen atoms in total. The summed E-state index contributed by atoms with van der Waals surface area (Å²) in [5.74, 6) is 0. The quantitative estimate of drug-likeness (QED) is 0.702. The molecule has 0 saturated carbocycles. The second-order valence-corrected chi connectivity index (χ2v) is 7.05. The van der Waals surface area contributed by atoms with Gasteiger partial charge in [0.05, 0.1) is 5.02 Å². The Kier molecular flexibility index (Phi) is 6.92. The second kappa shape index (κ2) is 7.77. The highest BCUT2D eigenvalue weighted by Gasteiger charge is 2.27. The first-order valence-corrected chi connectivity index (χ1v) is 8.36. The average molecular weight is 411 g/mol. The summed E-state index contributed by atoms with van der Waals surface area (Å²) in [5.41, 5.74) is 0. The molecule has 0 aliphatic rings. The molecule has 0 unspecified atom stereocenters. The van der Waals surface area contributed by atoms with Crippen LogP contribution in [0.25, 0.3) is 0 Å². The molecule has 0 heterocycles. The van der Waals surface area contributed by atoms with Gasteiger partial charge in [0.2, 0.25) is 10.0 Å². The number of benzene rings is 1. The molecule has 0 amide bonds. The first kappa shape index (κ1) is 18.7. The molecule has 0 fully saturated rings. The number of halogens is 5. The van der Waals surface area contributed by atoms with E-state index >= 15 is 0 Å². The van der Waals surface area contributed by atoms with E-state index in [0.717, 1.165) is 0 Å². The summed E-state index contributed by atoms with van der Waals surface area (Å²) < 4.78 is 66.5. The molecule has 1 aromatic rings. The SMILES string of the molecule is O=S(=O)(NCCCOCC(F)(F)F)c1ccc(Br)cc1Cl. The largest absolute Gasteiger partial charge is 0.411 e. The van der Waals surface area contributed by atoms with Crippen LogP contribution in [-0.4, -0.2) is 34.4 Å². The minimum absolute atomic E-state index is 0.0465. The number of sulfonamides is 1. The van der Waals surface area contributed by atoms with Crippen molar-refractivity contribution < 1.29 is 26.3 Å². The van der Waals surface area contributed by atoms with Crippen molar-refractivity contribution in [2.45, 2.75) is 17.5 Å². The number of ether oxygens (including phenoxy) is 1. The van der Waals surface area contributed by atoms with E-state index in [4.69, 9.17) is 11.6 Å². The zero-order valence-corrected chi connectivity index (χ0v) is 13.7. The van der Waals surface area contributed by atoms with Gasteiger partial charge in [0, 0.05) is 17.6 Å². The predicted octanol–water partition coefficient (Wildman–Crippen LogP) is 3.35. The Morgan fingerprint density at radius 1 is 1.33 bits per heavy atom. The van der Waals surface area contributed by atoms with Crippen LogP contribution in [0.1, 0.15) is 6.42 Å². The standard InChI is InChI=1S/C11H12BrClF3NO3S/c12-8-2-3-10(9(13)6-8)21(18,19)17-4-1-5-20-7-11(14,15)16/h2-3,6,17H,1,4-5,7H2. The highest BCUT2D eigenvalue weighted by atomic mass is 79.9. The van der Waals surface area contributed by atoms with E-state index in [0.29, 0.717) is 4.47 Å². The molecule has 0 aliphatic carbocycles. The van der Waals surface area contributed by atoms with E-state index in [-0.39, 0.29) is 29.5 Å². The molecule has 1 aromatic carbocycles. The zero-order valence-electron chi connectivity index (χ0n) is 10.6. The summed E-state index contributed by atoms with van der Waals surface area (Å²) in [6.45, 7) is -1.60. The molecule has 1 rings (SSSR count). The average Bonchev–Trinajstić information content (AvgIpc) is 2.31. The van der Waals surface area contributed by atoms with Crippen molar-refractivity contribution in [3.63, 3.8) is 0 Å². The Balaban J connectivity index is 2.44. The molecule has 0 spiro atoms. The van der Waals surface area contributed by atoms with E-state index in [2.05, 4.69) is 25.4 Å². The van der Waals surface area contributed by atoms with E-state index in [1.165, 1.54) is 18.2 Å². The van der Waals surface area contributed by atoms with Gasteiger partial charge in [-0.05, 0) is 24.6 Å². The Morgan fingerprint density at radius 2 is 2.00 bits per heavy atom. The van der Waals surface area contributed by atoms with Crippen molar-refractivity contribution in [3.8, 4) is 0 Å². The number of rotatable bonds is 7. The lowest BCUT2D eigenvalue weighted by Crippen LogP contribution is -2.26. The van der Waals surface area contributed by atoms with Crippen molar-refractivity contribution >= 4 is 37.6 Å². The molecule has 0 saturated heterocycles. The van der Waals surface area contributed by atoms with Gasteiger partial charge in [-0.1, -0.05) is 27.5 Å². The fourth-order valence-electron chi connectivity index (χ4n) is 1.34. The van der Waals surface area contributed by atoms with Crippen molar-refractivity contribution in [2.75, 3.05) is 19.8 Å². The van der Waals surface area contributed by atoms with Crippen molar-refractivity contribution in [3.05, 3.63) is 27.7 Å². The summed E-state index contributed by atoms with van der Waals surface area (Å²) in [4.78, 5) is -0.0939. The molecule has 1 N–H and O–H groups in total. The number of hydrogen-bond donors (Lipinski definition) is 1. The lowest BCUT2D eigenvalue weighted by molar-refractivity contribution is -0.173. The van der Waals surface area contributed by atoms with Gasteiger partial charge in [0.25, 0.3) is 0 Å². The third kappa shape index (κ3) is 6.96.